The molecule has 0 bridgehead atoms. The van der Waals surface area contributed by atoms with Crippen LogP contribution in [0.25, 0.3) is 0 Å². The Morgan fingerprint density at radius 1 is 1.18 bits per heavy atom. The fraction of sp³-hybridized carbons (Fsp3) is 0.588. The highest BCUT2D eigenvalue weighted by Gasteiger charge is 2.15. The van der Waals surface area contributed by atoms with Gasteiger partial charge in [-0.05, 0) is 60.1 Å². The summed E-state index contributed by atoms with van der Waals surface area (Å²) in [5.41, 5.74) is 7.79. The smallest absolute Gasteiger partial charge is 0.189 e. The molecule has 0 unspecified atom stereocenters. The number of guanidine groups is 1. The van der Waals surface area contributed by atoms with E-state index >= 15 is 0 Å². The van der Waals surface area contributed by atoms with Crippen molar-refractivity contribution in [2.75, 3.05) is 0 Å². The van der Waals surface area contributed by atoms with Gasteiger partial charge < -0.3 is 15.8 Å². The maximum atomic E-state index is 6.02. The summed E-state index contributed by atoms with van der Waals surface area (Å²) in [6.07, 6.45) is 0. The van der Waals surface area contributed by atoms with Gasteiger partial charge in [0.25, 0.3) is 0 Å². The lowest BCUT2D eigenvalue weighted by Crippen LogP contribution is -2.44. The van der Waals surface area contributed by atoms with Crippen LogP contribution in [0.5, 0.6) is 5.75 Å². The molecular weight excluding hydrogens is 389 g/mol. The zero-order valence-corrected chi connectivity index (χ0v) is 17.1. The van der Waals surface area contributed by atoms with Gasteiger partial charge in [0.05, 0.1) is 6.54 Å². The molecular formula is C17H30IN3O. The van der Waals surface area contributed by atoms with Crippen molar-refractivity contribution >= 4 is 29.9 Å². The normalized spacial score (nSPS) is 12.6. The Bertz CT molecular complexity index is 514. The van der Waals surface area contributed by atoms with Crippen molar-refractivity contribution in [2.45, 2.75) is 66.2 Å². The number of nitrogens with one attached hydrogen (secondary N) is 1. The molecule has 0 aromatic heterocycles. The minimum Gasteiger partial charge on any atom is -0.488 e. The molecule has 0 saturated carbocycles. The Balaban J connectivity index is 0.00000441. The summed E-state index contributed by atoms with van der Waals surface area (Å²) in [7, 11) is 0. The van der Waals surface area contributed by atoms with Crippen molar-refractivity contribution in [2.24, 2.45) is 10.7 Å². The molecule has 0 amide bonds. The van der Waals surface area contributed by atoms with E-state index in [4.69, 9.17) is 10.5 Å². The van der Waals surface area contributed by atoms with Gasteiger partial charge in [-0.1, -0.05) is 12.1 Å². The molecule has 0 aliphatic rings. The molecule has 1 rings (SSSR count). The molecule has 0 aliphatic heterocycles. The Morgan fingerprint density at radius 3 is 2.27 bits per heavy atom. The summed E-state index contributed by atoms with van der Waals surface area (Å²) >= 11 is 0. The second-order valence-corrected chi connectivity index (χ2v) is 7.40. The number of aliphatic imine (C=N–C) groups is 1. The summed E-state index contributed by atoms with van der Waals surface area (Å²) in [5.74, 6) is 1.32. The van der Waals surface area contributed by atoms with E-state index in [0.717, 1.165) is 11.3 Å². The van der Waals surface area contributed by atoms with Gasteiger partial charge in [-0.3, -0.25) is 0 Å². The van der Waals surface area contributed by atoms with Crippen molar-refractivity contribution in [3.8, 4) is 5.75 Å². The van der Waals surface area contributed by atoms with Gasteiger partial charge in [0.1, 0.15) is 11.4 Å². The molecule has 0 heterocycles. The molecule has 1 aromatic rings. The minimum absolute atomic E-state index is 0. The van der Waals surface area contributed by atoms with Crippen LogP contribution in [0.1, 0.15) is 52.7 Å². The molecule has 0 atom stereocenters. The van der Waals surface area contributed by atoms with E-state index < -0.39 is 0 Å². The van der Waals surface area contributed by atoms with E-state index in [2.05, 4.69) is 44.1 Å². The monoisotopic (exact) mass is 419 g/mol. The van der Waals surface area contributed by atoms with Gasteiger partial charge in [0.15, 0.2) is 5.96 Å². The maximum absolute atomic E-state index is 6.02. The van der Waals surface area contributed by atoms with Crippen molar-refractivity contribution < 1.29 is 4.74 Å². The number of rotatable bonds is 3. The van der Waals surface area contributed by atoms with Gasteiger partial charge in [0, 0.05) is 11.1 Å². The molecule has 0 spiro atoms. The molecule has 0 aliphatic carbocycles. The first-order valence-electron chi connectivity index (χ1n) is 7.33. The van der Waals surface area contributed by atoms with Crippen LogP contribution in [-0.2, 0) is 6.54 Å². The van der Waals surface area contributed by atoms with Crippen LogP contribution in [-0.4, -0.2) is 17.1 Å². The first kappa shape index (κ1) is 21.0. The SMILES string of the molecule is Cc1ccc(CN=C(N)NC(C)(C)C)c(OC(C)(C)C)c1.I. The number of ether oxygens (including phenoxy) is 1. The predicted octanol–water partition coefficient (Wildman–Crippen LogP) is 3.99. The largest absolute Gasteiger partial charge is 0.488 e. The number of halogens is 1. The number of aryl methyl sites for hydroxylation is 1. The first-order chi connectivity index (χ1) is 9.46. The second kappa shape index (κ2) is 8.04. The van der Waals surface area contributed by atoms with Crippen molar-refractivity contribution in [3.05, 3.63) is 29.3 Å². The summed E-state index contributed by atoms with van der Waals surface area (Å²) in [5, 5.41) is 3.16. The predicted molar refractivity (Wildman–Crippen MR) is 105 cm³/mol. The van der Waals surface area contributed by atoms with E-state index in [1.165, 1.54) is 5.56 Å². The van der Waals surface area contributed by atoms with Crippen LogP contribution < -0.4 is 15.8 Å². The third-order valence-electron chi connectivity index (χ3n) is 2.56. The molecule has 22 heavy (non-hydrogen) atoms. The van der Waals surface area contributed by atoms with Crippen LogP contribution in [0.2, 0.25) is 0 Å². The lowest BCUT2D eigenvalue weighted by molar-refractivity contribution is 0.129. The quantitative estimate of drug-likeness (QED) is 0.443. The Morgan fingerprint density at radius 2 is 1.77 bits per heavy atom. The molecule has 4 nitrogen and oxygen atoms in total. The summed E-state index contributed by atoms with van der Waals surface area (Å²) < 4.78 is 6.02. The fourth-order valence-corrected chi connectivity index (χ4v) is 1.81. The van der Waals surface area contributed by atoms with Gasteiger partial charge in [-0.2, -0.15) is 0 Å². The summed E-state index contributed by atoms with van der Waals surface area (Å²) in [4.78, 5) is 4.40. The molecule has 126 valence electrons. The van der Waals surface area contributed by atoms with E-state index in [9.17, 15) is 0 Å². The second-order valence-electron chi connectivity index (χ2n) is 7.40. The highest BCUT2D eigenvalue weighted by atomic mass is 127. The molecule has 0 fully saturated rings. The van der Waals surface area contributed by atoms with Crippen molar-refractivity contribution in [1.29, 1.82) is 0 Å². The van der Waals surface area contributed by atoms with Crippen LogP contribution in [0.3, 0.4) is 0 Å². The van der Waals surface area contributed by atoms with Crippen LogP contribution >= 0.6 is 24.0 Å². The third kappa shape index (κ3) is 8.46. The number of benzene rings is 1. The maximum Gasteiger partial charge on any atom is 0.189 e. The highest BCUT2D eigenvalue weighted by Crippen LogP contribution is 2.25. The average Bonchev–Trinajstić information content (AvgIpc) is 2.23. The first-order valence-corrected chi connectivity index (χ1v) is 7.33. The molecule has 0 radical (unpaired) electrons. The highest BCUT2D eigenvalue weighted by molar-refractivity contribution is 14.0. The van der Waals surface area contributed by atoms with E-state index in [1.54, 1.807) is 0 Å². The lowest BCUT2D eigenvalue weighted by Gasteiger charge is -2.24. The van der Waals surface area contributed by atoms with Crippen molar-refractivity contribution in [1.82, 2.24) is 5.32 Å². The fourth-order valence-electron chi connectivity index (χ4n) is 1.81. The molecule has 3 N–H and O–H groups in total. The topological polar surface area (TPSA) is 59.6 Å². The number of hydrogen-bond donors (Lipinski definition) is 2. The average molecular weight is 419 g/mol. The summed E-state index contributed by atoms with van der Waals surface area (Å²) in [6.45, 7) is 14.8. The summed E-state index contributed by atoms with van der Waals surface area (Å²) in [6, 6.07) is 6.15. The molecule has 0 saturated heterocycles. The Hall–Kier alpha value is -0.980. The Kier molecular flexibility index (Phi) is 7.68. The lowest BCUT2D eigenvalue weighted by atomic mass is 10.1. The van der Waals surface area contributed by atoms with Crippen LogP contribution in [0, 0.1) is 6.92 Å². The van der Waals surface area contributed by atoms with E-state index in [1.807, 2.05) is 32.9 Å². The van der Waals surface area contributed by atoms with Crippen LogP contribution in [0.15, 0.2) is 23.2 Å². The van der Waals surface area contributed by atoms with Gasteiger partial charge in [0.2, 0.25) is 0 Å². The van der Waals surface area contributed by atoms with Gasteiger partial charge >= 0.3 is 0 Å². The minimum atomic E-state index is -0.235. The van der Waals surface area contributed by atoms with Crippen molar-refractivity contribution in [3.63, 3.8) is 0 Å². The Labute approximate surface area is 151 Å². The van der Waals surface area contributed by atoms with E-state index in [-0.39, 0.29) is 35.1 Å². The zero-order chi connectivity index (χ0) is 16.3. The molecule has 1 aromatic carbocycles. The number of hydrogen-bond acceptors (Lipinski definition) is 2. The standard InChI is InChI=1S/C17H29N3O.HI/c1-12-8-9-13(14(10-12)21-17(5,6)7)11-19-15(18)20-16(2,3)4;/h8-10H,11H2,1-7H3,(H3,18,19,20);1H. The number of nitrogens with zero attached hydrogens (tertiary/aromatic N) is 1. The number of nitrogens with two attached hydrogens (primary N) is 1. The molecule has 5 heteroatoms. The van der Waals surface area contributed by atoms with E-state index in [0.29, 0.717) is 12.5 Å². The zero-order valence-electron chi connectivity index (χ0n) is 14.8. The van der Waals surface area contributed by atoms with Gasteiger partial charge in [-0.15, -0.1) is 24.0 Å². The van der Waals surface area contributed by atoms with Gasteiger partial charge in [-0.25, -0.2) is 4.99 Å². The third-order valence-corrected chi connectivity index (χ3v) is 2.56. The van der Waals surface area contributed by atoms with Crippen LogP contribution in [0.4, 0.5) is 0 Å².